The SMILES string of the molecule is CS(=O)(=O)c1cccc(Oc2cnc(C(=N)N)cn2)c1. The number of amidine groups is 1. The van der Waals surface area contributed by atoms with E-state index in [0.717, 1.165) is 6.26 Å². The van der Waals surface area contributed by atoms with Gasteiger partial charge in [-0.05, 0) is 18.2 Å². The van der Waals surface area contributed by atoms with Gasteiger partial charge in [-0.3, -0.25) is 5.41 Å². The molecular weight excluding hydrogens is 280 g/mol. The second-order valence-electron chi connectivity index (χ2n) is 4.00. The molecule has 1 heterocycles. The first-order valence-corrected chi connectivity index (χ1v) is 7.40. The van der Waals surface area contributed by atoms with Crippen molar-refractivity contribution in [1.82, 2.24) is 9.97 Å². The lowest BCUT2D eigenvalue weighted by molar-refractivity contribution is 0.458. The summed E-state index contributed by atoms with van der Waals surface area (Å²) in [5.74, 6) is 0.321. The van der Waals surface area contributed by atoms with Gasteiger partial charge in [0, 0.05) is 6.26 Å². The Kier molecular flexibility index (Phi) is 3.66. The summed E-state index contributed by atoms with van der Waals surface area (Å²) in [5.41, 5.74) is 5.50. The molecule has 0 aliphatic carbocycles. The van der Waals surface area contributed by atoms with Crippen LogP contribution in [0.15, 0.2) is 41.6 Å². The van der Waals surface area contributed by atoms with Crippen LogP contribution in [0.4, 0.5) is 0 Å². The number of aromatic nitrogens is 2. The largest absolute Gasteiger partial charge is 0.437 e. The van der Waals surface area contributed by atoms with Crippen molar-refractivity contribution < 1.29 is 13.2 Å². The lowest BCUT2D eigenvalue weighted by atomic mass is 10.3. The fourth-order valence-corrected chi connectivity index (χ4v) is 2.05. The zero-order chi connectivity index (χ0) is 14.8. The molecule has 0 saturated heterocycles. The van der Waals surface area contributed by atoms with E-state index < -0.39 is 9.84 Å². The molecule has 0 bridgehead atoms. The van der Waals surface area contributed by atoms with Gasteiger partial charge >= 0.3 is 0 Å². The van der Waals surface area contributed by atoms with Crippen LogP contribution in [0.5, 0.6) is 11.6 Å². The van der Waals surface area contributed by atoms with E-state index in [1.807, 2.05) is 0 Å². The van der Waals surface area contributed by atoms with Crippen LogP contribution in [-0.4, -0.2) is 30.5 Å². The van der Waals surface area contributed by atoms with E-state index in [1.165, 1.54) is 24.5 Å². The number of nitrogen functional groups attached to an aromatic ring is 1. The second-order valence-corrected chi connectivity index (χ2v) is 6.02. The van der Waals surface area contributed by atoms with Gasteiger partial charge < -0.3 is 10.5 Å². The Morgan fingerprint density at radius 1 is 1.30 bits per heavy atom. The second kappa shape index (κ2) is 5.25. The minimum Gasteiger partial charge on any atom is -0.437 e. The fourth-order valence-electron chi connectivity index (χ4n) is 1.40. The van der Waals surface area contributed by atoms with Gasteiger partial charge in [0.1, 0.15) is 17.3 Å². The molecule has 0 aliphatic rings. The minimum atomic E-state index is -3.30. The highest BCUT2D eigenvalue weighted by atomic mass is 32.2. The lowest BCUT2D eigenvalue weighted by Gasteiger charge is -2.06. The van der Waals surface area contributed by atoms with Crippen LogP contribution in [0.25, 0.3) is 0 Å². The van der Waals surface area contributed by atoms with Crippen molar-refractivity contribution >= 4 is 15.7 Å². The number of hydrogen-bond donors (Lipinski definition) is 2. The van der Waals surface area contributed by atoms with Crippen molar-refractivity contribution in [2.45, 2.75) is 4.90 Å². The third-order valence-corrected chi connectivity index (χ3v) is 3.47. The van der Waals surface area contributed by atoms with Crippen molar-refractivity contribution in [3.05, 3.63) is 42.4 Å². The normalized spacial score (nSPS) is 11.1. The Hall–Kier alpha value is -2.48. The van der Waals surface area contributed by atoms with Crippen LogP contribution in [-0.2, 0) is 9.84 Å². The highest BCUT2D eigenvalue weighted by Crippen LogP contribution is 2.21. The van der Waals surface area contributed by atoms with E-state index in [2.05, 4.69) is 9.97 Å². The summed E-state index contributed by atoms with van der Waals surface area (Å²) in [6.07, 6.45) is 3.73. The molecule has 104 valence electrons. The monoisotopic (exact) mass is 292 g/mol. The maximum atomic E-state index is 11.4. The van der Waals surface area contributed by atoms with Crippen LogP contribution < -0.4 is 10.5 Å². The number of nitrogens with one attached hydrogen (secondary N) is 1. The summed E-state index contributed by atoms with van der Waals surface area (Å²) in [7, 11) is -3.30. The Balaban J connectivity index is 2.24. The van der Waals surface area contributed by atoms with Crippen LogP contribution in [0.1, 0.15) is 5.69 Å². The molecule has 3 N–H and O–H groups in total. The number of rotatable bonds is 4. The van der Waals surface area contributed by atoms with E-state index in [4.69, 9.17) is 15.9 Å². The smallest absolute Gasteiger partial charge is 0.237 e. The van der Waals surface area contributed by atoms with Crippen LogP contribution in [0.3, 0.4) is 0 Å². The molecule has 20 heavy (non-hydrogen) atoms. The van der Waals surface area contributed by atoms with Crippen LogP contribution >= 0.6 is 0 Å². The highest BCUT2D eigenvalue weighted by molar-refractivity contribution is 7.90. The van der Waals surface area contributed by atoms with E-state index in [1.54, 1.807) is 12.1 Å². The highest BCUT2D eigenvalue weighted by Gasteiger charge is 2.09. The predicted octanol–water partition coefficient (Wildman–Crippen LogP) is 0.956. The van der Waals surface area contributed by atoms with Gasteiger partial charge in [-0.1, -0.05) is 6.07 Å². The maximum absolute atomic E-state index is 11.4. The zero-order valence-corrected chi connectivity index (χ0v) is 11.4. The average molecular weight is 292 g/mol. The summed E-state index contributed by atoms with van der Waals surface area (Å²) in [6.45, 7) is 0. The molecule has 0 fully saturated rings. The van der Waals surface area contributed by atoms with Crippen molar-refractivity contribution in [1.29, 1.82) is 5.41 Å². The zero-order valence-electron chi connectivity index (χ0n) is 10.6. The molecule has 0 amide bonds. The quantitative estimate of drug-likeness (QED) is 0.639. The first kappa shape index (κ1) is 13.9. The van der Waals surface area contributed by atoms with Crippen molar-refractivity contribution in [3.8, 4) is 11.6 Å². The third-order valence-electron chi connectivity index (χ3n) is 2.36. The van der Waals surface area contributed by atoms with Crippen LogP contribution in [0.2, 0.25) is 0 Å². The summed E-state index contributed by atoms with van der Waals surface area (Å²) in [6, 6.07) is 6.06. The Morgan fingerprint density at radius 2 is 2.05 bits per heavy atom. The molecular formula is C12H12N4O3S. The van der Waals surface area contributed by atoms with Gasteiger partial charge in [0.25, 0.3) is 0 Å². The molecule has 0 spiro atoms. The molecule has 0 atom stereocenters. The van der Waals surface area contributed by atoms with E-state index in [9.17, 15) is 8.42 Å². The fraction of sp³-hybridized carbons (Fsp3) is 0.0833. The number of nitrogens with zero attached hydrogens (tertiary/aromatic N) is 2. The summed E-state index contributed by atoms with van der Waals surface area (Å²) in [5, 5.41) is 7.19. The van der Waals surface area contributed by atoms with Crippen molar-refractivity contribution in [2.24, 2.45) is 5.73 Å². The molecule has 8 heteroatoms. The molecule has 1 aromatic carbocycles. The van der Waals surface area contributed by atoms with Gasteiger partial charge in [-0.15, -0.1) is 0 Å². The van der Waals surface area contributed by atoms with Crippen molar-refractivity contribution in [2.75, 3.05) is 6.26 Å². The molecule has 2 rings (SSSR count). The number of sulfone groups is 1. The Labute approximate surface area is 115 Å². The standard InChI is InChI=1S/C12H12N4O3S/c1-20(17,18)9-4-2-3-8(5-9)19-11-7-15-10(6-16-11)12(13)14/h2-7H,1H3,(H3,13,14). The lowest BCUT2D eigenvalue weighted by Crippen LogP contribution is -2.13. The summed E-state index contributed by atoms with van der Waals surface area (Å²) >= 11 is 0. The molecule has 0 saturated carbocycles. The first-order chi connectivity index (χ1) is 9.36. The molecule has 7 nitrogen and oxygen atoms in total. The van der Waals surface area contributed by atoms with Gasteiger partial charge in [0.15, 0.2) is 9.84 Å². The Morgan fingerprint density at radius 3 is 2.60 bits per heavy atom. The molecule has 0 aliphatic heterocycles. The van der Waals surface area contributed by atoms with Crippen LogP contribution in [0, 0.1) is 5.41 Å². The maximum Gasteiger partial charge on any atom is 0.237 e. The minimum absolute atomic E-state index is 0.156. The van der Waals surface area contributed by atoms with Gasteiger partial charge in [0.2, 0.25) is 5.88 Å². The number of benzene rings is 1. The number of nitrogens with two attached hydrogens (primary N) is 1. The summed E-state index contributed by atoms with van der Waals surface area (Å²) in [4.78, 5) is 7.98. The van der Waals surface area contributed by atoms with Gasteiger partial charge in [0.05, 0.1) is 17.3 Å². The van der Waals surface area contributed by atoms with Gasteiger partial charge in [-0.25, -0.2) is 18.4 Å². The number of ether oxygens (including phenoxy) is 1. The molecule has 0 radical (unpaired) electrons. The van der Waals surface area contributed by atoms with E-state index >= 15 is 0 Å². The van der Waals surface area contributed by atoms with E-state index in [-0.39, 0.29) is 22.3 Å². The Bertz CT molecular complexity index is 742. The van der Waals surface area contributed by atoms with Crippen molar-refractivity contribution in [3.63, 3.8) is 0 Å². The van der Waals surface area contributed by atoms with Gasteiger partial charge in [-0.2, -0.15) is 0 Å². The number of hydrogen-bond acceptors (Lipinski definition) is 6. The molecule has 2 aromatic rings. The predicted molar refractivity (Wildman–Crippen MR) is 72.7 cm³/mol. The molecule has 1 aromatic heterocycles. The third kappa shape index (κ3) is 3.29. The first-order valence-electron chi connectivity index (χ1n) is 5.50. The molecule has 0 unspecified atom stereocenters. The average Bonchev–Trinajstić information content (AvgIpc) is 2.38. The topological polar surface area (TPSA) is 119 Å². The summed E-state index contributed by atoms with van der Waals surface area (Å²) < 4.78 is 28.3. The van der Waals surface area contributed by atoms with E-state index in [0.29, 0.717) is 5.75 Å².